The maximum atomic E-state index is 11.5. The van der Waals surface area contributed by atoms with Crippen molar-refractivity contribution < 1.29 is 8.42 Å². The molecular formula is C16H15Cl2N3O2S2. The second-order valence-electron chi connectivity index (χ2n) is 5.37. The lowest BCUT2D eigenvalue weighted by atomic mass is 10.2. The van der Waals surface area contributed by atoms with Crippen LogP contribution in [0.25, 0.3) is 11.0 Å². The topological polar surface area (TPSA) is 78.0 Å². The van der Waals surface area contributed by atoms with Gasteiger partial charge < -0.3 is 4.57 Å². The number of rotatable bonds is 5. The van der Waals surface area contributed by atoms with Gasteiger partial charge >= 0.3 is 0 Å². The predicted molar refractivity (Wildman–Crippen MR) is 103 cm³/mol. The molecule has 0 bridgehead atoms. The maximum absolute atomic E-state index is 11.5. The highest BCUT2D eigenvalue weighted by Crippen LogP contribution is 2.30. The summed E-state index contributed by atoms with van der Waals surface area (Å²) < 4.78 is 25.1. The molecule has 0 fully saturated rings. The number of nitrogens with zero attached hydrogens (tertiary/aromatic N) is 2. The van der Waals surface area contributed by atoms with Gasteiger partial charge in [-0.2, -0.15) is 0 Å². The Morgan fingerprint density at radius 1 is 1.16 bits per heavy atom. The lowest BCUT2D eigenvalue weighted by Crippen LogP contribution is -2.11. The maximum Gasteiger partial charge on any atom is 0.238 e. The molecule has 0 unspecified atom stereocenters. The Morgan fingerprint density at radius 2 is 1.92 bits per heavy atom. The van der Waals surface area contributed by atoms with Gasteiger partial charge in [-0.1, -0.05) is 41.0 Å². The molecule has 0 aliphatic carbocycles. The van der Waals surface area contributed by atoms with Crippen LogP contribution < -0.4 is 5.14 Å². The molecule has 3 aromatic rings. The van der Waals surface area contributed by atoms with Crippen molar-refractivity contribution in [3.63, 3.8) is 0 Å². The molecule has 0 saturated heterocycles. The predicted octanol–water partition coefficient (Wildman–Crippen LogP) is 4.30. The number of aryl methyl sites for hydroxylation is 1. The zero-order valence-electron chi connectivity index (χ0n) is 13.2. The van der Waals surface area contributed by atoms with Crippen LogP contribution in [0.2, 0.25) is 10.0 Å². The molecule has 1 aromatic heterocycles. The van der Waals surface area contributed by atoms with E-state index in [4.69, 9.17) is 28.3 Å². The fraction of sp³-hybridized carbons (Fsp3) is 0.188. The van der Waals surface area contributed by atoms with Gasteiger partial charge in [0.05, 0.1) is 26.0 Å². The van der Waals surface area contributed by atoms with Crippen LogP contribution in [-0.2, 0) is 22.3 Å². The number of hydrogen-bond acceptors (Lipinski definition) is 4. The Bertz CT molecular complexity index is 1050. The summed E-state index contributed by atoms with van der Waals surface area (Å²) in [4.78, 5) is 4.62. The first-order valence-corrected chi connectivity index (χ1v) is 10.7. The quantitative estimate of drug-likeness (QED) is 0.629. The van der Waals surface area contributed by atoms with Crippen LogP contribution in [0.4, 0.5) is 0 Å². The molecule has 1 heterocycles. The third-order valence-corrected chi connectivity index (χ3v) is 6.38. The van der Waals surface area contributed by atoms with Crippen LogP contribution in [-0.4, -0.2) is 18.0 Å². The van der Waals surface area contributed by atoms with E-state index in [0.717, 1.165) is 22.8 Å². The highest BCUT2D eigenvalue weighted by molar-refractivity contribution is 7.98. The fourth-order valence-electron chi connectivity index (χ4n) is 2.46. The number of sulfonamides is 1. The molecule has 0 spiro atoms. The molecule has 0 radical (unpaired) electrons. The van der Waals surface area contributed by atoms with Gasteiger partial charge in [0.2, 0.25) is 10.0 Å². The van der Waals surface area contributed by atoms with E-state index in [0.29, 0.717) is 21.3 Å². The van der Waals surface area contributed by atoms with E-state index in [1.54, 1.807) is 23.9 Å². The number of thioether (sulfide) groups is 1. The zero-order chi connectivity index (χ0) is 18.2. The van der Waals surface area contributed by atoms with E-state index in [2.05, 4.69) is 4.98 Å². The fourth-order valence-corrected chi connectivity index (χ4v) is 4.33. The number of imidazole rings is 1. The Hall–Kier alpha value is -1.25. The van der Waals surface area contributed by atoms with Gasteiger partial charge in [0, 0.05) is 12.3 Å². The lowest BCUT2D eigenvalue weighted by molar-refractivity contribution is 0.598. The lowest BCUT2D eigenvalue weighted by Gasteiger charge is -2.06. The van der Waals surface area contributed by atoms with Crippen LogP contribution in [0.3, 0.4) is 0 Å². The third-order valence-electron chi connectivity index (χ3n) is 3.68. The van der Waals surface area contributed by atoms with Crippen molar-refractivity contribution in [1.82, 2.24) is 9.55 Å². The minimum Gasteiger partial charge on any atom is -0.319 e. The average Bonchev–Trinajstić information content (AvgIpc) is 2.91. The van der Waals surface area contributed by atoms with Gasteiger partial charge in [0.15, 0.2) is 5.16 Å². The van der Waals surface area contributed by atoms with Crippen molar-refractivity contribution in [2.45, 2.75) is 29.3 Å². The van der Waals surface area contributed by atoms with Gasteiger partial charge in [-0.15, -0.1) is 0 Å². The Balaban J connectivity index is 1.93. The monoisotopic (exact) mass is 415 g/mol. The standard InChI is InChI=1S/C16H15Cl2N3O2S2/c1-2-21-15-6-4-11(25(19,22)23)8-14(15)20-16(21)24-9-10-3-5-12(17)13(18)7-10/h3-8H,2,9H2,1H3,(H2,19,22,23). The van der Waals surface area contributed by atoms with Crippen molar-refractivity contribution in [3.05, 3.63) is 52.0 Å². The van der Waals surface area contributed by atoms with Crippen LogP contribution >= 0.6 is 35.0 Å². The van der Waals surface area contributed by atoms with E-state index in [-0.39, 0.29) is 4.90 Å². The van der Waals surface area contributed by atoms with E-state index >= 15 is 0 Å². The van der Waals surface area contributed by atoms with Crippen molar-refractivity contribution in [2.75, 3.05) is 0 Å². The largest absolute Gasteiger partial charge is 0.319 e. The first kappa shape index (κ1) is 18.5. The molecule has 0 saturated carbocycles. The number of nitrogens with two attached hydrogens (primary N) is 1. The summed E-state index contributed by atoms with van der Waals surface area (Å²) >= 11 is 13.5. The van der Waals surface area contributed by atoms with Crippen LogP contribution in [0, 0.1) is 0 Å². The number of hydrogen-bond donors (Lipinski definition) is 1. The molecule has 0 aliphatic heterocycles. The summed E-state index contributed by atoms with van der Waals surface area (Å²) in [7, 11) is -3.75. The van der Waals surface area contributed by atoms with Gasteiger partial charge in [-0.05, 0) is 42.8 Å². The summed E-state index contributed by atoms with van der Waals surface area (Å²) in [6, 6.07) is 10.2. The van der Waals surface area contributed by atoms with Crippen molar-refractivity contribution in [2.24, 2.45) is 5.14 Å². The van der Waals surface area contributed by atoms with Crippen LogP contribution in [0.1, 0.15) is 12.5 Å². The summed E-state index contributed by atoms with van der Waals surface area (Å²) in [5.41, 5.74) is 2.50. The van der Waals surface area contributed by atoms with Gasteiger partial charge in [0.25, 0.3) is 0 Å². The average molecular weight is 416 g/mol. The van der Waals surface area contributed by atoms with Gasteiger partial charge in [-0.25, -0.2) is 18.5 Å². The number of primary sulfonamides is 1. The van der Waals surface area contributed by atoms with Crippen LogP contribution in [0.15, 0.2) is 46.5 Å². The van der Waals surface area contributed by atoms with Gasteiger partial charge in [0.1, 0.15) is 0 Å². The first-order chi connectivity index (χ1) is 11.8. The van der Waals surface area contributed by atoms with E-state index in [9.17, 15) is 8.42 Å². The van der Waals surface area contributed by atoms with E-state index in [1.165, 1.54) is 12.1 Å². The summed E-state index contributed by atoms with van der Waals surface area (Å²) in [5.74, 6) is 0.669. The molecule has 9 heteroatoms. The minimum absolute atomic E-state index is 0.0572. The smallest absolute Gasteiger partial charge is 0.238 e. The molecule has 0 atom stereocenters. The second-order valence-corrected chi connectivity index (χ2v) is 8.69. The molecule has 3 rings (SSSR count). The SMILES string of the molecule is CCn1c(SCc2ccc(Cl)c(Cl)c2)nc2cc(S(N)(=O)=O)ccc21. The van der Waals surface area contributed by atoms with Crippen molar-refractivity contribution >= 4 is 56.0 Å². The number of fused-ring (bicyclic) bond motifs is 1. The Morgan fingerprint density at radius 3 is 2.56 bits per heavy atom. The Labute approximate surface area is 160 Å². The molecule has 25 heavy (non-hydrogen) atoms. The minimum atomic E-state index is -3.75. The third kappa shape index (κ3) is 3.96. The zero-order valence-corrected chi connectivity index (χ0v) is 16.4. The number of benzene rings is 2. The number of halogens is 2. The molecular weight excluding hydrogens is 401 g/mol. The first-order valence-electron chi connectivity index (χ1n) is 7.39. The normalized spacial score (nSPS) is 12.0. The molecule has 132 valence electrons. The molecule has 0 aliphatic rings. The number of aromatic nitrogens is 2. The van der Waals surface area contributed by atoms with E-state index < -0.39 is 10.0 Å². The van der Waals surface area contributed by atoms with Crippen molar-refractivity contribution in [3.8, 4) is 0 Å². The highest BCUT2D eigenvalue weighted by Gasteiger charge is 2.14. The summed E-state index contributed by atoms with van der Waals surface area (Å²) in [6.45, 7) is 2.73. The van der Waals surface area contributed by atoms with Crippen molar-refractivity contribution in [1.29, 1.82) is 0 Å². The summed E-state index contributed by atoms with van der Waals surface area (Å²) in [5, 5.41) is 7.03. The van der Waals surface area contributed by atoms with Crippen LogP contribution in [0.5, 0.6) is 0 Å². The highest BCUT2D eigenvalue weighted by atomic mass is 35.5. The molecule has 2 N–H and O–H groups in total. The Kier molecular flexibility index (Phi) is 5.31. The summed E-state index contributed by atoms with van der Waals surface area (Å²) in [6.07, 6.45) is 0. The molecule has 2 aromatic carbocycles. The molecule has 0 amide bonds. The van der Waals surface area contributed by atoms with Gasteiger partial charge in [-0.3, -0.25) is 0 Å². The van der Waals surface area contributed by atoms with E-state index in [1.807, 2.05) is 23.6 Å². The molecule has 5 nitrogen and oxygen atoms in total. The second kappa shape index (κ2) is 7.17.